The highest BCUT2D eigenvalue weighted by molar-refractivity contribution is 9.10. The molecule has 4 nitrogen and oxygen atoms in total. The number of aromatic amines is 1. The number of fused-ring (bicyclic) bond motifs is 1. The Balaban J connectivity index is 2.07. The lowest BCUT2D eigenvalue weighted by molar-refractivity contribution is -0.0290. The second-order valence-corrected chi connectivity index (χ2v) is 6.17. The standard InChI is InChI=1S/C13H15BrN2O2S/c1-17-13(4-5-18-8-13)7-16-11-6-9(14)2-3-10(11)15-12(16)19/h2-3,6H,4-5,7-8H2,1H3,(H,15,19). The minimum absolute atomic E-state index is 0.268. The number of H-pyrrole nitrogens is 1. The van der Waals surface area contributed by atoms with Gasteiger partial charge in [0.25, 0.3) is 0 Å². The van der Waals surface area contributed by atoms with E-state index in [1.807, 2.05) is 12.1 Å². The van der Waals surface area contributed by atoms with Gasteiger partial charge in [-0.05, 0) is 30.4 Å². The van der Waals surface area contributed by atoms with Gasteiger partial charge in [0.2, 0.25) is 0 Å². The molecule has 2 heterocycles. The Labute approximate surface area is 124 Å². The summed E-state index contributed by atoms with van der Waals surface area (Å²) in [4.78, 5) is 3.23. The summed E-state index contributed by atoms with van der Waals surface area (Å²) in [5.74, 6) is 0. The number of benzene rings is 1. The lowest BCUT2D eigenvalue weighted by Gasteiger charge is -2.26. The molecule has 1 unspecified atom stereocenters. The van der Waals surface area contributed by atoms with Crippen LogP contribution in [0.2, 0.25) is 0 Å². The molecule has 1 fully saturated rings. The normalized spacial score (nSPS) is 23.3. The number of halogens is 1. The molecule has 0 spiro atoms. The molecule has 1 aliphatic rings. The first-order valence-corrected chi connectivity index (χ1v) is 7.35. The summed E-state index contributed by atoms with van der Waals surface area (Å²) in [7, 11) is 1.74. The second-order valence-electron chi connectivity index (χ2n) is 4.87. The van der Waals surface area contributed by atoms with Gasteiger partial charge in [0, 0.05) is 24.6 Å². The molecule has 6 heteroatoms. The van der Waals surface area contributed by atoms with Crippen LogP contribution in [0.25, 0.3) is 11.0 Å². The number of ether oxygens (including phenoxy) is 2. The number of nitrogens with zero attached hydrogens (tertiary/aromatic N) is 1. The first-order valence-electron chi connectivity index (χ1n) is 6.14. The second kappa shape index (κ2) is 5.01. The van der Waals surface area contributed by atoms with Crippen LogP contribution in [-0.2, 0) is 16.0 Å². The molecule has 102 valence electrons. The van der Waals surface area contributed by atoms with E-state index in [4.69, 9.17) is 21.7 Å². The molecule has 0 radical (unpaired) electrons. The van der Waals surface area contributed by atoms with Crippen LogP contribution in [-0.4, -0.2) is 35.5 Å². The molecule has 1 aliphatic heterocycles. The van der Waals surface area contributed by atoms with Crippen molar-refractivity contribution in [2.45, 2.75) is 18.6 Å². The van der Waals surface area contributed by atoms with E-state index in [0.717, 1.165) is 33.3 Å². The van der Waals surface area contributed by atoms with E-state index in [1.54, 1.807) is 7.11 Å². The van der Waals surface area contributed by atoms with Crippen LogP contribution in [0.15, 0.2) is 22.7 Å². The average Bonchev–Trinajstić information content (AvgIpc) is 2.98. The molecule has 1 N–H and O–H groups in total. The third-order valence-electron chi connectivity index (χ3n) is 3.68. The van der Waals surface area contributed by atoms with Crippen LogP contribution in [0.4, 0.5) is 0 Å². The van der Waals surface area contributed by atoms with E-state index in [-0.39, 0.29) is 5.60 Å². The van der Waals surface area contributed by atoms with E-state index in [9.17, 15) is 0 Å². The Morgan fingerprint density at radius 3 is 3.11 bits per heavy atom. The van der Waals surface area contributed by atoms with Crippen molar-refractivity contribution in [3.63, 3.8) is 0 Å². The summed E-state index contributed by atoms with van der Waals surface area (Å²) in [6, 6.07) is 6.10. The predicted octanol–water partition coefficient (Wildman–Crippen LogP) is 3.27. The predicted molar refractivity (Wildman–Crippen MR) is 80.0 cm³/mol. The third kappa shape index (κ3) is 2.38. The Morgan fingerprint density at radius 1 is 1.58 bits per heavy atom. The lowest BCUT2D eigenvalue weighted by atomic mass is 10.0. The van der Waals surface area contributed by atoms with Gasteiger partial charge in [-0.2, -0.15) is 0 Å². The van der Waals surface area contributed by atoms with E-state index in [1.165, 1.54) is 0 Å². The Bertz CT molecular complexity index is 658. The number of hydrogen-bond acceptors (Lipinski definition) is 3. The van der Waals surface area contributed by atoms with Crippen LogP contribution < -0.4 is 0 Å². The molecule has 19 heavy (non-hydrogen) atoms. The van der Waals surface area contributed by atoms with Gasteiger partial charge in [-0.3, -0.25) is 0 Å². The van der Waals surface area contributed by atoms with E-state index < -0.39 is 0 Å². The van der Waals surface area contributed by atoms with Gasteiger partial charge in [0.1, 0.15) is 5.60 Å². The van der Waals surface area contributed by atoms with E-state index in [0.29, 0.717) is 13.2 Å². The Hall–Kier alpha value is -0.690. The molecule has 1 saturated heterocycles. The van der Waals surface area contributed by atoms with Gasteiger partial charge in [0.15, 0.2) is 4.77 Å². The van der Waals surface area contributed by atoms with Crippen molar-refractivity contribution in [1.82, 2.24) is 9.55 Å². The highest BCUT2D eigenvalue weighted by atomic mass is 79.9. The zero-order valence-corrected chi connectivity index (χ0v) is 13.0. The highest BCUT2D eigenvalue weighted by Gasteiger charge is 2.36. The Kier molecular flexibility index (Phi) is 3.51. The van der Waals surface area contributed by atoms with Gasteiger partial charge in [0.05, 0.1) is 24.2 Å². The summed E-state index contributed by atoms with van der Waals surface area (Å²) in [6.45, 7) is 2.07. The van der Waals surface area contributed by atoms with Crippen LogP contribution in [0.5, 0.6) is 0 Å². The van der Waals surface area contributed by atoms with Gasteiger partial charge >= 0.3 is 0 Å². The van der Waals surface area contributed by atoms with Crippen LogP contribution in [0.3, 0.4) is 0 Å². The quantitative estimate of drug-likeness (QED) is 0.870. The highest BCUT2D eigenvalue weighted by Crippen LogP contribution is 2.27. The SMILES string of the molecule is COC1(Cn2c(=S)[nH]c3ccc(Br)cc32)CCOC1. The largest absolute Gasteiger partial charge is 0.378 e. The van der Waals surface area contributed by atoms with Gasteiger partial charge in [-0.25, -0.2) is 0 Å². The van der Waals surface area contributed by atoms with Crippen LogP contribution >= 0.6 is 28.1 Å². The molecule has 1 atom stereocenters. The molecule has 0 bridgehead atoms. The number of rotatable bonds is 3. The third-order valence-corrected chi connectivity index (χ3v) is 4.50. The van der Waals surface area contributed by atoms with Crippen molar-refractivity contribution in [2.24, 2.45) is 0 Å². The van der Waals surface area contributed by atoms with Crippen molar-refractivity contribution in [1.29, 1.82) is 0 Å². The first kappa shape index (κ1) is 13.3. The molecule has 3 rings (SSSR count). The molecule has 1 aromatic heterocycles. The number of methoxy groups -OCH3 is 1. The molecule has 0 aliphatic carbocycles. The summed E-state index contributed by atoms with van der Waals surface area (Å²) < 4.78 is 15.0. The molecule has 2 aromatic rings. The Morgan fingerprint density at radius 2 is 2.42 bits per heavy atom. The molecular weight excluding hydrogens is 328 g/mol. The zero-order valence-electron chi connectivity index (χ0n) is 10.6. The van der Waals surface area contributed by atoms with Crippen molar-refractivity contribution in [3.8, 4) is 0 Å². The monoisotopic (exact) mass is 342 g/mol. The number of hydrogen-bond donors (Lipinski definition) is 1. The fraction of sp³-hybridized carbons (Fsp3) is 0.462. The fourth-order valence-corrected chi connectivity index (χ4v) is 3.13. The number of imidazole rings is 1. The van der Waals surface area contributed by atoms with Crippen molar-refractivity contribution in [2.75, 3.05) is 20.3 Å². The van der Waals surface area contributed by atoms with Gasteiger partial charge in [-0.15, -0.1) is 0 Å². The van der Waals surface area contributed by atoms with Crippen molar-refractivity contribution in [3.05, 3.63) is 27.4 Å². The van der Waals surface area contributed by atoms with E-state index in [2.05, 4.69) is 31.5 Å². The zero-order chi connectivity index (χ0) is 13.5. The smallest absolute Gasteiger partial charge is 0.178 e. The summed E-state index contributed by atoms with van der Waals surface area (Å²) in [5.41, 5.74) is 1.86. The first-order chi connectivity index (χ1) is 9.13. The molecule has 0 saturated carbocycles. The van der Waals surface area contributed by atoms with E-state index >= 15 is 0 Å². The maximum Gasteiger partial charge on any atom is 0.178 e. The maximum atomic E-state index is 5.69. The minimum atomic E-state index is -0.268. The maximum absolute atomic E-state index is 5.69. The molecular formula is C13H15BrN2O2S. The number of aromatic nitrogens is 2. The minimum Gasteiger partial charge on any atom is -0.378 e. The summed E-state index contributed by atoms with van der Waals surface area (Å²) in [6.07, 6.45) is 0.895. The fourth-order valence-electron chi connectivity index (χ4n) is 2.51. The summed E-state index contributed by atoms with van der Waals surface area (Å²) in [5, 5.41) is 0. The average molecular weight is 343 g/mol. The lowest BCUT2D eigenvalue weighted by Crippen LogP contribution is -2.37. The topological polar surface area (TPSA) is 39.2 Å². The van der Waals surface area contributed by atoms with Crippen molar-refractivity contribution < 1.29 is 9.47 Å². The van der Waals surface area contributed by atoms with Crippen LogP contribution in [0.1, 0.15) is 6.42 Å². The summed E-state index contributed by atoms with van der Waals surface area (Å²) >= 11 is 8.93. The van der Waals surface area contributed by atoms with Gasteiger partial charge < -0.3 is 19.0 Å². The van der Waals surface area contributed by atoms with Crippen LogP contribution in [0, 0.1) is 4.77 Å². The molecule has 1 aromatic carbocycles. The molecule has 0 amide bonds. The number of nitrogens with one attached hydrogen (secondary N) is 1. The van der Waals surface area contributed by atoms with Crippen molar-refractivity contribution >= 4 is 39.2 Å². The van der Waals surface area contributed by atoms with Gasteiger partial charge in [-0.1, -0.05) is 15.9 Å².